The monoisotopic (exact) mass is 289 g/mol. The first kappa shape index (κ1) is 15.7. The second kappa shape index (κ2) is 6.74. The maximum atomic E-state index is 12.3. The van der Waals surface area contributed by atoms with Gasteiger partial charge in [0, 0.05) is 12.1 Å². The molecule has 1 atom stereocenters. The van der Waals surface area contributed by atoms with E-state index < -0.39 is 16.1 Å². The Morgan fingerprint density at radius 1 is 1.32 bits per heavy atom. The summed E-state index contributed by atoms with van der Waals surface area (Å²) in [4.78, 5) is -0.0127. The number of ether oxygens (including phenoxy) is 2. The van der Waals surface area contributed by atoms with E-state index in [1.165, 1.54) is 26.4 Å². The number of hydrogen-bond acceptors (Lipinski definition) is 5. The number of aliphatic hydroxyl groups is 1. The molecular weight excluding hydrogens is 270 g/mol. The van der Waals surface area contributed by atoms with Crippen molar-refractivity contribution in [1.82, 2.24) is 4.72 Å². The van der Waals surface area contributed by atoms with Crippen LogP contribution in [0.5, 0.6) is 11.5 Å². The quantitative estimate of drug-likeness (QED) is 0.774. The third-order valence-electron chi connectivity index (χ3n) is 2.70. The van der Waals surface area contributed by atoms with Gasteiger partial charge in [-0.05, 0) is 18.6 Å². The Morgan fingerprint density at radius 2 is 2.00 bits per heavy atom. The molecule has 7 heteroatoms. The van der Waals surface area contributed by atoms with Crippen molar-refractivity contribution in [2.75, 3.05) is 20.8 Å². The van der Waals surface area contributed by atoms with E-state index in [9.17, 15) is 8.42 Å². The van der Waals surface area contributed by atoms with Gasteiger partial charge in [-0.3, -0.25) is 0 Å². The Bertz CT molecular complexity index is 511. The van der Waals surface area contributed by atoms with Crippen molar-refractivity contribution in [3.8, 4) is 11.5 Å². The van der Waals surface area contributed by atoms with Gasteiger partial charge in [0.1, 0.15) is 16.4 Å². The normalized spacial score (nSPS) is 13.1. The summed E-state index contributed by atoms with van der Waals surface area (Å²) >= 11 is 0. The molecule has 1 aromatic carbocycles. The van der Waals surface area contributed by atoms with Crippen LogP contribution in [0.1, 0.15) is 13.3 Å². The molecule has 6 nitrogen and oxygen atoms in total. The van der Waals surface area contributed by atoms with Gasteiger partial charge in [0.2, 0.25) is 10.0 Å². The third kappa shape index (κ3) is 3.82. The Morgan fingerprint density at radius 3 is 2.47 bits per heavy atom. The van der Waals surface area contributed by atoms with Gasteiger partial charge in [-0.25, -0.2) is 13.1 Å². The zero-order valence-corrected chi connectivity index (χ0v) is 12.0. The van der Waals surface area contributed by atoms with Crippen molar-refractivity contribution in [1.29, 1.82) is 0 Å². The highest BCUT2D eigenvalue weighted by Gasteiger charge is 2.23. The van der Waals surface area contributed by atoms with E-state index in [2.05, 4.69) is 4.72 Å². The molecule has 0 spiro atoms. The fraction of sp³-hybridized carbons (Fsp3) is 0.500. The Kier molecular flexibility index (Phi) is 5.59. The van der Waals surface area contributed by atoms with Crippen molar-refractivity contribution in [3.63, 3.8) is 0 Å². The topological polar surface area (TPSA) is 84.9 Å². The number of methoxy groups -OCH3 is 2. The molecule has 0 unspecified atom stereocenters. The standard InChI is InChI=1S/C12H19NO5S/c1-4-9(8-14)13-19(15,16)12-7-10(17-2)5-6-11(12)18-3/h5-7,9,13-14H,4,8H2,1-3H3/t9-/m1/s1. The first-order chi connectivity index (χ1) is 8.98. The van der Waals surface area contributed by atoms with Gasteiger partial charge in [0.15, 0.2) is 0 Å². The van der Waals surface area contributed by atoms with Crippen LogP contribution < -0.4 is 14.2 Å². The smallest absolute Gasteiger partial charge is 0.244 e. The molecule has 19 heavy (non-hydrogen) atoms. The van der Waals surface area contributed by atoms with E-state index >= 15 is 0 Å². The molecule has 0 aromatic heterocycles. The minimum absolute atomic E-state index is 0.0127. The van der Waals surface area contributed by atoms with E-state index in [4.69, 9.17) is 14.6 Å². The van der Waals surface area contributed by atoms with Gasteiger partial charge in [0.25, 0.3) is 0 Å². The number of hydrogen-bond donors (Lipinski definition) is 2. The molecule has 0 aliphatic rings. The molecule has 0 amide bonds. The maximum absolute atomic E-state index is 12.3. The van der Waals surface area contributed by atoms with Crippen LogP contribution in [0.4, 0.5) is 0 Å². The lowest BCUT2D eigenvalue weighted by atomic mass is 10.3. The van der Waals surface area contributed by atoms with Crippen LogP contribution in [0.25, 0.3) is 0 Å². The summed E-state index contributed by atoms with van der Waals surface area (Å²) in [7, 11) is -0.928. The molecule has 1 rings (SSSR count). The van der Waals surface area contributed by atoms with E-state index in [-0.39, 0.29) is 17.3 Å². The summed E-state index contributed by atoms with van der Waals surface area (Å²) in [5.41, 5.74) is 0. The number of nitrogens with one attached hydrogen (secondary N) is 1. The number of rotatable bonds is 7. The van der Waals surface area contributed by atoms with Crippen LogP contribution in [-0.4, -0.2) is 40.4 Å². The number of sulfonamides is 1. The molecule has 0 radical (unpaired) electrons. The van der Waals surface area contributed by atoms with Crippen LogP contribution in [0.3, 0.4) is 0 Å². The lowest BCUT2D eigenvalue weighted by molar-refractivity contribution is 0.253. The molecule has 0 saturated carbocycles. The Balaban J connectivity index is 3.18. The fourth-order valence-electron chi connectivity index (χ4n) is 1.53. The van der Waals surface area contributed by atoms with Gasteiger partial charge in [0.05, 0.1) is 20.8 Å². The third-order valence-corrected chi connectivity index (χ3v) is 4.24. The molecule has 1 aromatic rings. The number of aliphatic hydroxyl groups excluding tert-OH is 1. The minimum atomic E-state index is -3.77. The van der Waals surface area contributed by atoms with Gasteiger partial charge >= 0.3 is 0 Å². The molecule has 0 fully saturated rings. The van der Waals surface area contributed by atoms with E-state index in [1.54, 1.807) is 13.0 Å². The van der Waals surface area contributed by atoms with Crippen molar-refractivity contribution in [2.45, 2.75) is 24.3 Å². The number of benzene rings is 1. The second-order valence-corrected chi connectivity index (χ2v) is 5.61. The summed E-state index contributed by atoms with van der Waals surface area (Å²) in [5.74, 6) is 0.638. The van der Waals surface area contributed by atoms with Crippen LogP contribution in [0.15, 0.2) is 23.1 Å². The average Bonchev–Trinajstić information content (AvgIpc) is 2.43. The summed E-state index contributed by atoms with van der Waals surface area (Å²) in [6, 6.07) is 3.99. The first-order valence-electron chi connectivity index (χ1n) is 5.83. The average molecular weight is 289 g/mol. The SMILES string of the molecule is CC[C@H](CO)NS(=O)(=O)c1cc(OC)ccc1OC. The highest BCUT2D eigenvalue weighted by molar-refractivity contribution is 7.89. The van der Waals surface area contributed by atoms with Crippen molar-refractivity contribution in [2.24, 2.45) is 0 Å². The zero-order valence-electron chi connectivity index (χ0n) is 11.2. The molecule has 0 aliphatic heterocycles. The zero-order chi connectivity index (χ0) is 14.5. The summed E-state index contributed by atoms with van der Waals surface area (Å²) in [6.07, 6.45) is 0.488. The van der Waals surface area contributed by atoms with Gasteiger partial charge < -0.3 is 14.6 Å². The van der Waals surface area contributed by atoms with E-state index in [0.717, 1.165) is 0 Å². The lowest BCUT2D eigenvalue weighted by Crippen LogP contribution is -2.37. The predicted molar refractivity (Wildman–Crippen MR) is 71.0 cm³/mol. The largest absolute Gasteiger partial charge is 0.497 e. The highest BCUT2D eigenvalue weighted by Crippen LogP contribution is 2.28. The molecule has 108 valence electrons. The van der Waals surface area contributed by atoms with Crippen molar-refractivity contribution in [3.05, 3.63) is 18.2 Å². The second-order valence-electron chi connectivity index (χ2n) is 3.93. The lowest BCUT2D eigenvalue weighted by Gasteiger charge is -2.16. The molecule has 2 N–H and O–H groups in total. The van der Waals surface area contributed by atoms with Gasteiger partial charge in [-0.1, -0.05) is 6.92 Å². The summed E-state index contributed by atoms with van der Waals surface area (Å²) in [5, 5.41) is 9.08. The van der Waals surface area contributed by atoms with Crippen molar-refractivity contribution >= 4 is 10.0 Å². The minimum Gasteiger partial charge on any atom is -0.497 e. The van der Waals surface area contributed by atoms with E-state index in [1.807, 2.05) is 0 Å². The fourth-order valence-corrected chi connectivity index (χ4v) is 3.02. The predicted octanol–water partition coefficient (Wildman–Crippen LogP) is 0.753. The Labute approximate surface area is 113 Å². The first-order valence-corrected chi connectivity index (χ1v) is 7.32. The van der Waals surface area contributed by atoms with Crippen LogP contribution in [0.2, 0.25) is 0 Å². The van der Waals surface area contributed by atoms with Gasteiger partial charge in [-0.15, -0.1) is 0 Å². The highest BCUT2D eigenvalue weighted by atomic mass is 32.2. The summed E-state index contributed by atoms with van der Waals surface area (Å²) in [6.45, 7) is 1.52. The molecular formula is C12H19NO5S. The maximum Gasteiger partial charge on any atom is 0.244 e. The summed E-state index contributed by atoms with van der Waals surface area (Å²) < 4.78 is 37.0. The van der Waals surface area contributed by atoms with Crippen molar-refractivity contribution < 1.29 is 23.0 Å². The van der Waals surface area contributed by atoms with Gasteiger partial charge in [-0.2, -0.15) is 0 Å². The molecule has 0 bridgehead atoms. The van der Waals surface area contributed by atoms with Crippen LogP contribution in [-0.2, 0) is 10.0 Å². The van der Waals surface area contributed by atoms with Crippen LogP contribution in [0, 0.1) is 0 Å². The molecule has 0 saturated heterocycles. The van der Waals surface area contributed by atoms with Crippen LogP contribution >= 0.6 is 0 Å². The molecule has 0 heterocycles. The Hall–Kier alpha value is -1.31. The molecule has 0 aliphatic carbocycles. The van der Waals surface area contributed by atoms with E-state index in [0.29, 0.717) is 12.2 Å².